The van der Waals surface area contributed by atoms with Crippen molar-refractivity contribution in [3.8, 4) is 6.07 Å². The zero-order valence-corrected chi connectivity index (χ0v) is 11.9. The topological polar surface area (TPSA) is 52.8 Å². The quantitative estimate of drug-likeness (QED) is 0.815. The average Bonchev–Trinajstić information content (AvgIpc) is 2.42. The fourth-order valence-corrected chi connectivity index (χ4v) is 2.69. The van der Waals surface area contributed by atoms with Gasteiger partial charge in [-0.3, -0.25) is 0 Å². The maximum absolute atomic E-state index is 8.83. The number of aromatic nitrogens is 2. The van der Waals surface area contributed by atoms with E-state index in [1.54, 1.807) is 6.33 Å². The zero-order chi connectivity index (χ0) is 13.7. The van der Waals surface area contributed by atoms with Gasteiger partial charge in [-0.25, -0.2) is 9.97 Å². The summed E-state index contributed by atoms with van der Waals surface area (Å²) in [6.07, 6.45) is 6.82. The smallest absolute Gasteiger partial charge is 0.135 e. The first-order chi connectivity index (χ1) is 9.22. The van der Waals surface area contributed by atoms with E-state index in [-0.39, 0.29) is 0 Å². The fourth-order valence-electron chi connectivity index (χ4n) is 2.69. The third kappa shape index (κ3) is 3.44. The molecule has 2 rings (SSSR count). The molecule has 0 spiro atoms. The van der Waals surface area contributed by atoms with Crippen molar-refractivity contribution in [3.63, 3.8) is 0 Å². The maximum atomic E-state index is 8.83. The molecule has 4 heteroatoms. The predicted molar refractivity (Wildman–Crippen MR) is 76.0 cm³/mol. The predicted octanol–water partition coefficient (Wildman–Crippen LogP) is 2.73. The van der Waals surface area contributed by atoms with Gasteiger partial charge in [0, 0.05) is 24.3 Å². The fraction of sp³-hybridized carbons (Fsp3) is 0.667. The van der Waals surface area contributed by atoms with Gasteiger partial charge in [-0.05, 0) is 31.6 Å². The monoisotopic (exact) mass is 258 g/mol. The van der Waals surface area contributed by atoms with Crippen molar-refractivity contribution < 1.29 is 0 Å². The Hall–Kier alpha value is -1.63. The van der Waals surface area contributed by atoms with E-state index in [0.29, 0.717) is 12.3 Å². The lowest BCUT2D eigenvalue weighted by atomic mass is 9.96. The highest BCUT2D eigenvalue weighted by Crippen LogP contribution is 2.27. The summed E-state index contributed by atoms with van der Waals surface area (Å²) >= 11 is 0. The van der Waals surface area contributed by atoms with Gasteiger partial charge < -0.3 is 4.90 Å². The number of hydrogen-bond donors (Lipinski definition) is 0. The van der Waals surface area contributed by atoms with E-state index in [1.165, 1.54) is 24.1 Å². The minimum Gasteiger partial charge on any atom is -0.355 e. The van der Waals surface area contributed by atoms with Crippen molar-refractivity contribution in [2.75, 3.05) is 18.0 Å². The van der Waals surface area contributed by atoms with Crippen LogP contribution in [0.4, 0.5) is 5.82 Å². The number of rotatable bonds is 5. The molecule has 19 heavy (non-hydrogen) atoms. The van der Waals surface area contributed by atoms with Crippen molar-refractivity contribution >= 4 is 5.82 Å². The van der Waals surface area contributed by atoms with Crippen LogP contribution in [0.5, 0.6) is 0 Å². The Morgan fingerprint density at radius 2 is 2.11 bits per heavy atom. The second-order valence-corrected chi connectivity index (χ2v) is 5.58. The van der Waals surface area contributed by atoms with Gasteiger partial charge in [-0.1, -0.05) is 13.8 Å². The molecule has 0 aromatic carbocycles. The van der Waals surface area contributed by atoms with E-state index in [0.717, 1.165) is 31.7 Å². The molecule has 0 amide bonds. The molecule has 0 fully saturated rings. The van der Waals surface area contributed by atoms with E-state index >= 15 is 0 Å². The Balaban J connectivity index is 2.27. The summed E-state index contributed by atoms with van der Waals surface area (Å²) in [6, 6.07) is 2.24. The van der Waals surface area contributed by atoms with Crippen LogP contribution in [0, 0.1) is 17.2 Å². The van der Waals surface area contributed by atoms with Gasteiger partial charge in [-0.2, -0.15) is 5.26 Å². The SMILES string of the molecule is CC(C)CN(CCC#N)c1ncnc2c1CCCC2. The second kappa shape index (κ2) is 6.51. The van der Waals surface area contributed by atoms with Gasteiger partial charge in [-0.15, -0.1) is 0 Å². The summed E-state index contributed by atoms with van der Waals surface area (Å²) in [6.45, 7) is 6.11. The van der Waals surface area contributed by atoms with Gasteiger partial charge in [0.1, 0.15) is 12.1 Å². The van der Waals surface area contributed by atoms with Gasteiger partial charge >= 0.3 is 0 Å². The van der Waals surface area contributed by atoms with Crippen molar-refractivity contribution in [2.24, 2.45) is 5.92 Å². The number of nitriles is 1. The van der Waals surface area contributed by atoms with E-state index in [1.807, 2.05) is 0 Å². The van der Waals surface area contributed by atoms with E-state index in [2.05, 4.69) is 34.8 Å². The Kier molecular flexibility index (Phi) is 4.73. The van der Waals surface area contributed by atoms with E-state index < -0.39 is 0 Å². The van der Waals surface area contributed by atoms with Crippen LogP contribution in [0.25, 0.3) is 0 Å². The van der Waals surface area contributed by atoms with Crippen LogP contribution in [0.15, 0.2) is 6.33 Å². The minimum atomic E-state index is 0.547. The molecule has 0 radical (unpaired) electrons. The lowest BCUT2D eigenvalue weighted by Crippen LogP contribution is -2.31. The van der Waals surface area contributed by atoms with Gasteiger partial charge in [0.2, 0.25) is 0 Å². The van der Waals surface area contributed by atoms with Crippen LogP contribution >= 0.6 is 0 Å². The van der Waals surface area contributed by atoms with Crippen LogP contribution < -0.4 is 4.90 Å². The first kappa shape index (κ1) is 13.8. The molecule has 0 atom stereocenters. The maximum Gasteiger partial charge on any atom is 0.135 e. The highest BCUT2D eigenvalue weighted by molar-refractivity contribution is 5.49. The van der Waals surface area contributed by atoms with Crippen LogP contribution in [-0.4, -0.2) is 23.1 Å². The van der Waals surface area contributed by atoms with Crippen LogP contribution in [0.1, 0.15) is 44.4 Å². The molecule has 1 aromatic heterocycles. The standard InChI is InChI=1S/C15H22N4/c1-12(2)10-19(9-5-8-16)15-13-6-3-4-7-14(13)17-11-18-15/h11-12H,3-7,9-10H2,1-2H3. The molecular weight excluding hydrogens is 236 g/mol. The number of anilines is 1. The number of fused-ring (bicyclic) bond motifs is 1. The highest BCUT2D eigenvalue weighted by Gasteiger charge is 2.20. The Morgan fingerprint density at radius 1 is 1.32 bits per heavy atom. The molecule has 4 nitrogen and oxygen atoms in total. The molecular formula is C15H22N4. The molecule has 0 saturated carbocycles. The Bertz CT molecular complexity index is 462. The van der Waals surface area contributed by atoms with Crippen molar-refractivity contribution in [2.45, 2.75) is 46.0 Å². The molecule has 0 aliphatic heterocycles. The first-order valence-electron chi connectivity index (χ1n) is 7.17. The Labute approximate surface area is 115 Å². The third-order valence-corrected chi connectivity index (χ3v) is 3.48. The summed E-state index contributed by atoms with van der Waals surface area (Å²) in [5, 5.41) is 8.83. The zero-order valence-electron chi connectivity index (χ0n) is 11.9. The summed E-state index contributed by atoms with van der Waals surface area (Å²) < 4.78 is 0. The number of aryl methyl sites for hydroxylation is 1. The van der Waals surface area contributed by atoms with Gasteiger partial charge in [0.15, 0.2) is 0 Å². The number of hydrogen-bond acceptors (Lipinski definition) is 4. The summed E-state index contributed by atoms with van der Waals surface area (Å²) in [7, 11) is 0. The lowest BCUT2D eigenvalue weighted by Gasteiger charge is -2.28. The molecule has 1 heterocycles. The van der Waals surface area contributed by atoms with Crippen molar-refractivity contribution in [1.29, 1.82) is 5.26 Å². The minimum absolute atomic E-state index is 0.547. The molecule has 1 aliphatic rings. The average molecular weight is 258 g/mol. The van der Waals surface area contributed by atoms with E-state index in [4.69, 9.17) is 5.26 Å². The Morgan fingerprint density at radius 3 is 2.84 bits per heavy atom. The first-order valence-corrected chi connectivity index (χ1v) is 7.17. The highest BCUT2D eigenvalue weighted by atomic mass is 15.2. The molecule has 0 bridgehead atoms. The normalized spacial score (nSPS) is 14.0. The van der Waals surface area contributed by atoms with Crippen molar-refractivity contribution in [1.82, 2.24) is 9.97 Å². The van der Waals surface area contributed by atoms with Crippen LogP contribution in [0.2, 0.25) is 0 Å². The second-order valence-electron chi connectivity index (χ2n) is 5.58. The van der Waals surface area contributed by atoms with Gasteiger partial charge in [0.25, 0.3) is 0 Å². The van der Waals surface area contributed by atoms with E-state index in [9.17, 15) is 0 Å². The molecule has 1 aromatic rings. The molecule has 1 aliphatic carbocycles. The third-order valence-electron chi connectivity index (χ3n) is 3.48. The largest absolute Gasteiger partial charge is 0.355 e. The molecule has 0 N–H and O–H groups in total. The summed E-state index contributed by atoms with van der Waals surface area (Å²) in [5.74, 6) is 1.63. The lowest BCUT2D eigenvalue weighted by molar-refractivity contribution is 0.596. The van der Waals surface area contributed by atoms with Crippen LogP contribution in [-0.2, 0) is 12.8 Å². The molecule has 0 unspecified atom stereocenters. The van der Waals surface area contributed by atoms with Crippen LogP contribution in [0.3, 0.4) is 0 Å². The number of nitrogens with zero attached hydrogens (tertiary/aromatic N) is 4. The summed E-state index contributed by atoms with van der Waals surface area (Å²) in [4.78, 5) is 11.2. The van der Waals surface area contributed by atoms with Gasteiger partial charge in [0.05, 0.1) is 12.5 Å². The molecule has 0 saturated heterocycles. The molecule has 102 valence electrons. The summed E-state index contributed by atoms with van der Waals surface area (Å²) in [5.41, 5.74) is 2.52. The van der Waals surface area contributed by atoms with Crippen molar-refractivity contribution in [3.05, 3.63) is 17.6 Å².